The summed E-state index contributed by atoms with van der Waals surface area (Å²) in [6, 6.07) is 3.16. The maximum absolute atomic E-state index is 10.9. The van der Waals surface area contributed by atoms with E-state index in [0.717, 1.165) is 12.1 Å². The summed E-state index contributed by atoms with van der Waals surface area (Å²) >= 11 is 0. The van der Waals surface area contributed by atoms with Crippen LogP contribution in [0, 0.1) is 0 Å². The van der Waals surface area contributed by atoms with Crippen molar-refractivity contribution in [3.8, 4) is 5.75 Å². The molecule has 1 rings (SSSR count). The zero-order valence-corrected chi connectivity index (χ0v) is 6.48. The summed E-state index contributed by atoms with van der Waals surface area (Å²) in [5.74, 6) is -2.77. The third kappa shape index (κ3) is 1.76. The van der Waals surface area contributed by atoms with Crippen LogP contribution in [0.5, 0.6) is 5.75 Å². The molecule has 1 amide bonds. The first-order valence-electron chi connectivity index (χ1n) is 3.36. The lowest BCUT2D eigenvalue weighted by molar-refractivity contribution is 0.0692. The number of aromatic carboxylic acids is 1. The average Bonchev–Trinajstić information content (AvgIpc) is 2.04. The summed E-state index contributed by atoms with van der Waals surface area (Å²) in [6.45, 7) is 0. The smallest absolute Gasteiger partial charge is 0.339 e. The molecular formula is C8H6NO4. The third-order valence-corrected chi connectivity index (χ3v) is 1.49. The van der Waals surface area contributed by atoms with E-state index in [1.54, 1.807) is 0 Å². The lowest BCUT2D eigenvalue weighted by Gasteiger charge is -1.98. The van der Waals surface area contributed by atoms with E-state index in [1.807, 2.05) is 0 Å². The fraction of sp³-hybridized carbons (Fsp3) is 0. The number of amides is 1. The van der Waals surface area contributed by atoms with Crippen LogP contribution in [-0.4, -0.2) is 17.0 Å². The number of carboxylic acid groups (broad SMARTS) is 1. The highest BCUT2D eigenvalue weighted by molar-refractivity contribution is 5.97. The van der Waals surface area contributed by atoms with E-state index in [9.17, 15) is 14.7 Å². The molecule has 0 spiro atoms. The standard InChI is InChI=1S/C8H6NO4/c9-7(11)4-1-2-6(10)5(3-4)8(12)13/h1-3H,(H2,9,11)(H,12,13). The van der Waals surface area contributed by atoms with Crippen molar-refractivity contribution in [1.82, 2.24) is 0 Å². The molecule has 3 N–H and O–H groups in total. The summed E-state index contributed by atoms with van der Waals surface area (Å²) in [5, 5.41) is 19.4. The minimum Gasteiger partial charge on any atom is -0.478 e. The van der Waals surface area contributed by atoms with Crippen molar-refractivity contribution in [2.24, 2.45) is 5.73 Å². The van der Waals surface area contributed by atoms with Crippen molar-refractivity contribution >= 4 is 11.9 Å². The molecule has 0 unspecified atom stereocenters. The molecule has 67 valence electrons. The van der Waals surface area contributed by atoms with E-state index in [2.05, 4.69) is 0 Å². The minimum atomic E-state index is -1.37. The lowest BCUT2D eigenvalue weighted by atomic mass is 10.1. The van der Waals surface area contributed by atoms with Gasteiger partial charge in [0.05, 0.1) is 0 Å². The van der Waals surface area contributed by atoms with Crippen molar-refractivity contribution in [2.45, 2.75) is 0 Å². The van der Waals surface area contributed by atoms with Crippen LogP contribution in [0.1, 0.15) is 20.7 Å². The van der Waals surface area contributed by atoms with Crippen molar-refractivity contribution in [2.75, 3.05) is 0 Å². The van der Waals surface area contributed by atoms with Crippen LogP contribution >= 0.6 is 0 Å². The third-order valence-electron chi connectivity index (χ3n) is 1.49. The first-order chi connectivity index (χ1) is 6.02. The van der Waals surface area contributed by atoms with Crippen molar-refractivity contribution in [3.63, 3.8) is 0 Å². The van der Waals surface area contributed by atoms with Crippen LogP contribution in [0.3, 0.4) is 0 Å². The summed E-state index contributed by atoms with van der Waals surface area (Å²) in [6.07, 6.45) is 0. The van der Waals surface area contributed by atoms with Gasteiger partial charge in [-0.15, -0.1) is 0 Å². The predicted molar refractivity (Wildman–Crippen MR) is 42.1 cm³/mol. The molecule has 0 aliphatic rings. The van der Waals surface area contributed by atoms with E-state index < -0.39 is 23.2 Å². The molecule has 1 radical (unpaired) electrons. The molecule has 0 saturated heterocycles. The molecule has 0 saturated carbocycles. The molecule has 0 aromatic heterocycles. The SMILES string of the molecule is NC(=O)c1ccc([O])c(C(=O)O)c1. The Hall–Kier alpha value is -2.04. The highest BCUT2D eigenvalue weighted by atomic mass is 16.4. The second-order valence-corrected chi connectivity index (χ2v) is 2.38. The second-order valence-electron chi connectivity index (χ2n) is 2.38. The fourth-order valence-electron chi connectivity index (χ4n) is 0.850. The maximum atomic E-state index is 10.9. The van der Waals surface area contributed by atoms with Gasteiger partial charge in [-0.3, -0.25) is 9.90 Å². The summed E-state index contributed by atoms with van der Waals surface area (Å²) < 4.78 is 0. The molecule has 1 aromatic carbocycles. The van der Waals surface area contributed by atoms with Gasteiger partial charge in [-0.2, -0.15) is 0 Å². The van der Waals surface area contributed by atoms with E-state index in [0.29, 0.717) is 0 Å². The minimum absolute atomic E-state index is 0.0111. The number of hydrogen-bond acceptors (Lipinski definition) is 2. The monoisotopic (exact) mass is 180 g/mol. The van der Waals surface area contributed by atoms with Crippen molar-refractivity contribution in [3.05, 3.63) is 29.3 Å². The molecule has 5 nitrogen and oxygen atoms in total. The van der Waals surface area contributed by atoms with Gasteiger partial charge >= 0.3 is 5.97 Å². The van der Waals surface area contributed by atoms with Crippen LogP contribution in [0.4, 0.5) is 0 Å². The number of rotatable bonds is 2. The topological polar surface area (TPSA) is 100 Å². The number of carbonyl (C=O) groups excluding carboxylic acids is 1. The van der Waals surface area contributed by atoms with Crippen LogP contribution in [0.25, 0.3) is 0 Å². The van der Waals surface area contributed by atoms with Gasteiger partial charge < -0.3 is 10.8 Å². The molecule has 0 atom stereocenters. The second kappa shape index (κ2) is 3.14. The first kappa shape index (κ1) is 9.05. The number of benzene rings is 1. The maximum Gasteiger partial charge on any atom is 0.339 e. The van der Waals surface area contributed by atoms with E-state index in [4.69, 9.17) is 10.8 Å². The Morgan fingerprint density at radius 3 is 2.38 bits per heavy atom. The van der Waals surface area contributed by atoms with Crippen LogP contribution in [-0.2, 0) is 5.11 Å². The molecule has 0 aliphatic heterocycles. The Labute approximate surface area is 73.4 Å². The van der Waals surface area contributed by atoms with E-state index in [-0.39, 0.29) is 5.56 Å². The molecule has 1 aromatic rings. The Morgan fingerprint density at radius 2 is 1.92 bits per heavy atom. The van der Waals surface area contributed by atoms with Gasteiger partial charge in [0.2, 0.25) is 5.91 Å². The zero-order valence-electron chi connectivity index (χ0n) is 6.48. The van der Waals surface area contributed by atoms with Gasteiger partial charge in [0, 0.05) is 5.56 Å². The Balaban J connectivity index is 3.27. The molecular weight excluding hydrogens is 174 g/mol. The first-order valence-corrected chi connectivity index (χ1v) is 3.36. The van der Waals surface area contributed by atoms with Crippen LogP contribution in [0.2, 0.25) is 0 Å². The zero-order chi connectivity index (χ0) is 10.0. The normalized spacial score (nSPS) is 9.54. The van der Waals surface area contributed by atoms with Gasteiger partial charge in [0.1, 0.15) is 5.56 Å². The number of carboxylic acids is 1. The van der Waals surface area contributed by atoms with Gasteiger partial charge in [-0.05, 0) is 18.2 Å². The quantitative estimate of drug-likeness (QED) is 0.697. The number of primary amides is 1. The Kier molecular flexibility index (Phi) is 2.19. The molecule has 0 heterocycles. The average molecular weight is 180 g/mol. The molecule has 13 heavy (non-hydrogen) atoms. The van der Waals surface area contributed by atoms with E-state index >= 15 is 0 Å². The van der Waals surface area contributed by atoms with Gasteiger partial charge in [0.25, 0.3) is 0 Å². The van der Waals surface area contributed by atoms with Crippen molar-refractivity contribution < 1.29 is 19.8 Å². The predicted octanol–water partition coefficient (Wildman–Crippen LogP) is 0.627. The Bertz CT molecular complexity index is 372. The Morgan fingerprint density at radius 1 is 1.31 bits per heavy atom. The summed E-state index contributed by atoms with van der Waals surface area (Å²) in [7, 11) is 0. The largest absolute Gasteiger partial charge is 0.478 e. The summed E-state index contributed by atoms with van der Waals surface area (Å²) in [5.41, 5.74) is 4.46. The van der Waals surface area contributed by atoms with Gasteiger partial charge in [-0.25, -0.2) is 4.79 Å². The highest BCUT2D eigenvalue weighted by Crippen LogP contribution is 2.18. The number of carbonyl (C=O) groups is 2. The highest BCUT2D eigenvalue weighted by Gasteiger charge is 2.13. The number of hydrogen-bond donors (Lipinski definition) is 2. The fourth-order valence-corrected chi connectivity index (χ4v) is 0.850. The number of nitrogens with two attached hydrogens (primary N) is 1. The molecule has 0 aliphatic carbocycles. The molecule has 5 heteroatoms. The van der Waals surface area contributed by atoms with Gasteiger partial charge in [-0.1, -0.05) is 0 Å². The van der Waals surface area contributed by atoms with Crippen LogP contribution in [0.15, 0.2) is 18.2 Å². The lowest BCUT2D eigenvalue weighted by Crippen LogP contribution is -2.11. The van der Waals surface area contributed by atoms with E-state index in [1.165, 1.54) is 6.07 Å². The van der Waals surface area contributed by atoms with Crippen LogP contribution < -0.4 is 5.73 Å². The van der Waals surface area contributed by atoms with Gasteiger partial charge in [0.15, 0.2) is 5.75 Å². The van der Waals surface area contributed by atoms with Crippen molar-refractivity contribution in [1.29, 1.82) is 0 Å². The molecule has 0 fully saturated rings. The summed E-state index contributed by atoms with van der Waals surface area (Å²) in [4.78, 5) is 21.1. The molecule has 0 bridgehead atoms.